The van der Waals surface area contributed by atoms with E-state index >= 15 is 0 Å². The maximum atomic E-state index is 13.4. The second-order valence-corrected chi connectivity index (χ2v) is 14.2. The first kappa shape index (κ1) is 36.8. The Morgan fingerprint density at radius 3 is 2.57 bits per heavy atom. The van der Waals surface area contributed by atoms with Crippen LogP contribution in [0.5, 0.6) is 11.5 Å². The summed E-state index contributed by atoms with van der Waals surface area (Å²) in [6.07, 6.45) is 12.4. The fourth-order valence-corrected chi connectivity index (χ4v) is 7.87. The summed E-state index contributed by atoms with van der Waals surface area (Å²) in [6, 6.07) is 13.6. The Morgan fingerprint density at radius 2 is 1.84 bits per heavy atom. The van der Waals surface area contributed by atoms with Gasteiger partial charge in [0.2, 0.25) is 0 Å². The van der Waals surface area contributed by atoms with Crippen LogP contribution in [0.1, 0.15) is 114 Å². The molecule has 2 aromatic rings. The minimum absolute atomic E-state index is 0.0142. The zero-order chi connectivity index (χ0) is 35.0. The van der Waals surface area contributed by atoms with Crippen LogP contribution >= 0.6 is 0 Å². The van der Waals surface area contributed by atoms with E-state index < -0.39 is 24.3 Å². The number of rotatable bonds is 19. The predicted molar refractivity (Wildman–Crippen MR) is 194 cm³/mol. The molecule has 0 radical (unpaired) electrons. The molecule has 9 heteroatoms. The number of aliphatic hydroxyl groups excluding tert-OH is 2. The molecule has 9 nitrogen and oxygen atoms in total. The van der Waals surface area contributed by atoms with E-state index in [1.165, 1.54) is 16.7 Å². The molecule has 3 atom stereocenters. The lowest BCUT2D eigenvalue weighted by molar-refractivity contribution is -0.127. The van der Waals surface area contributed by atoms with Crippen molar-refractivity contribution in [2.75, 3.05) is 13.3 Å². The van der Waals surface area contributed by atoms with Crippen LogP contribution < -0.4 is 16.2 Å². The second kappa shape index (κ2) is 16.9. The summed E-state index contributed by atoms with van der Waals surface area (Å²) in [5.41, 5.74) is 18.4. The average molecular weight is 673 g/mol. The molecule has 0 amide bonds. The van der Waals surface area contributed by atoms with E-state index in [1.807, 2.05) is 37.5 Å². The number of benzene rings is 2. The van der Waals surface area contributed by atoms with Crippen LogP contribution in [0.4, 0.5) is 0 Å². The van der Waals surface area contributed by atoms with Gasteiger partial charge in [-0.15, -0.1) is 0 Å². The number of aromatic hydroxyl groups is 1. The number of nitrogens with two attached hydrogens (primary N) is 2. The van der Waals surface area contributed by atoms with Crippen molar-refractivity contribution in [2.24, 2.45) is 22.4 Å². The minimum Gasteiger partial charge on any atom is -0.504 e. The number of carbonyl (C=O) groups is 1. The molecule has 2 aliphatic heterocycles. The highest BCUT2D eigenvalue weighted by Gasteiger charge is 2.43. The highest BCUT2D eigenvalue weighted by Crippen LogP contribution is 2.50. The van der Waals surface area contributed by atoms with Crippen LogP contribution in [0.3, 0.4) is 0 Å². The number of unbranched alkanes of at least 4 members (excludes halogenated alkanes) is 2. The van der Waals surface area contributed by atoms with Crippen LogP contribution in [0.2, 0.25) is 0 Å². The number of ether oxygens (including phenoxy) is 1. The van der Waals surface area contributed by atoms with Crippen molar-refractivity contribution in [3.63, 3.8) is 0 Å². The molecular formula is C40H56N4O5. The van der Waals surface area contributed by atoms with Crippen LogP contribution in [-0.4, -0.2) is 57.7 Å². The number of phenols is 1. The SMILES string of the molecule is CCCCCC(C(=O)CCc1ccc(O)c(OCN2C=C3N=CC(C4(c5cccc(C(N)N)c5)CCCC4)=C3C2)c1)C(O)CC(O)CCC. The summed E-state index contributed by atoms with van der Waals surface area (Å²) in [7, 11) is 0. The van der Waals surface area contributed by atoms with Crippen LogP contribution in [0.15, 0.2) is 70.5 Å². The standard InChI is InChI=1S/C40H56N4O5/c1-3-5-6-13-31(37(48)22-30(45)10-4-2)35(46)16-14-27-15-17-36(47)38(20-27)49-26-44-24-32-33(23-43-34(32)25-44)40(18-7-8-19-40)29-12-9-11-28(21-29)39(41)42/h9,11-12,15,17,20-21,23,25,30-31,37,39,45,47-48H,3-8,10,13-14,16,18-19,22,24,26,41-42H2,1-2H3. The van der Waals surface area contributed by atoms with Gasteiger partial charge in [0.15, 0.2) is 18.2 Å². The fraction of sp³-hybridized carbons (Fsp3) is 0.550. The van der Waals surface area contributed by atoms with Gasteiger partial charge < -0.3 is 36.4 Å². The average Bonchev–Trinajstić information content (AvgIpc) is 3.83. The Bertz CT molecular complexity index is 1530. The smallest absolute Gasteiger partial charge is 0.163 e. The van der Waals surface area contributed by atoms with Gasteiger partial charge in [0, 0.05) is 42.3 Å². The predicted octanol–water partition coefficient (Wildman–Crippen LogP) is 6.30. The summed E-state index contributed by atoms with van der Waals surface area (Å²) >= 11 is 0. The normalized spacial score (nSPS) is 18.6. The number of aryl methyl sites for hydroxylation is 1. The molecule has 266 valence electrons. The zero-order valence-electron chi connectivity index (χ0n) is 29.3. The lowest BCUT2D eigenvalue weighted by atomic mass is 9.71. The maximum absolute atomic E-state index is 13.4. The van der Waals surface area contributed by atoms with Crippen LogP contribution in [0, 0.1) is 5.92 Å². The molecule has 3 aliphatic rings. The number of hydrogen-bond donors (Lipinski definition) is 5. The highest BCUT2D eigenvalue weighted by atomic mass is 16.5. The Kier molecular flexibility index (Phi) is 12.7. The molecule has 2 heterocycles. The number of allylic oxidation sites excluding steroid dienone is 1. The van der Waals surface area contributed by atoms with Gasteiger partial charge in [-0.05, 0) is 72.9 Å². The molecule has 1 fully saturated rings. The number of fused-ring (bicyclic) bond motifs is 1. The van der Waals surface area contributed by atoms with Crippen LogP contribution in [-0.2, 0) is 16.6 Å². The number of phenolic OH excluding ortho intramolecular Hbond substituents is 1. The zero-order valence-corrected chi connectivity index (χ0v) is 29.3. The number of aliphatic hydroxyl groups is 2. The lowest BCUT2D eigenvalue weighted by Crippen LogP contribution is -2.32. The molecule has 0 bridgehead atoms. The van der Waals surface area contributed by atoms with Crippen molar-refractivity contribution < 1.29 is 24.9 Å². The van der Waals surface area contributed by atoms with Crippen molar-refractivity contribution in [3.05, 3.63) is 82.2 Å². The quantitative estimate of drug-likeness (QED) is 0.0860. The largest absolute Gasteiger partial charge is 0.504 e. The van der Waals surface area contributed by atoms with E-state index in [4.69, 9.17) is 21.2 Å². The van der Waals surface area contributed by atoms with Crippen molar-refractivity contribution in [3.8, 4) is 11.5 Å². The fourth-order valence-electron chi connectivity index (χ4n) is 7.87. The highest BCUT2D eigenvalue weighted by molar-refractivity contribution is 5.90. The number of Topliss-reactive ketones (excluding diaryl/α,β-unsaturated/α-hetero) is 1. The summed E-state index contributed by atoms with van der Waals surface area (Å²) in [5.74, 6) is -0.0652. The molecule has 2 aromatic carbocycles. The van der Waals surface area contributed by atoms with E-state index in [1.54, 1.807) is 12.1 Å². The number of carbonyl (C=O) groups excluding carboxylic acids is 1. The number of ketones is 1. The van der Waals surface area contributed by atoms with Gasteiger partial charge in [-0.1, -0.05) is 82.7 Å². The first-order valence-electron chi connectivity index (χ1n) is 18.3. The topological polar surface area (TPSA) is 155 Å². The van der Waals surface area contributed by atoms with Gasteiger partial charge in [-0.2, -0.15) is 0 Å². The van der Waals surface area contributed by atoms with Crippen molar-refractivity contribution in [1.82, 2.24) is 4.90 Å². The Morgan fingerprint density at radius 1 is 1.04 bits per heavy atom. The van der Waals surface area contributed by atoms with Gasteiger partial charge in [0.05, 0.1) is 24.1 Å². The van der Waals surface area contributed by atoms with Crippen molar-refractivity contribution in [2.45, 2.75) is 121 Å². The first-order chi connectivity index (χ1) is 23.6. The molecule has 1 saturated carbocycles. The minimum atomic E-state index is -0.850. The van der Waals surface area contributed by atoms with Gasteiger partial charge in [-0.25, -0.2) is 0 Å². The van der Waals surface area contributed by atoms with Crippen LogP contribution in [0.25, 0.3) is 0 Å². The van der Waals surface area contributed by atoms with E-state index in [9.17, 15) is 20.1 Å². The monoisotopic (exact) mass is 672 g/mol. The van der Waals surface area contributed by atoms with Gasteiger partial charge in [0.1, 0.15) is 5.78 Å². The van der Waals surface area contributed by atoms with Crippen molar-refractivity contribution in [1.29, 1.82) is 0 Å². The Labute approximate surface area is 291 Å². The first-order valence-corrected chi connectivity index (χ1v) is 18.3. The molecule has 0 saturated heterocycles. The molecule has 0 spiro atoms. The molecular weight excluding hydrogens is 616 g/mol. The third kappa shape index (κ3) is 8.81. The van der Waals surface area contributed by atoms with E-state index in [2.05, 4.69) is 24.0 Å². The van der Waals surface area contributed by atoms with Gasteiger partial charge in [-0.3, -0.25) is 9.79 Å². The third-order valence-electron chi connectivity index (χ3n) is 10.6. The summed E-state index contributed by atoms with van der Waals surface area (Å²) in [5, 5.41) is 31.8. The Hall–Kier alpha value is -3.50. The summed E-state index contributed by atoms with van der Waals surface area (Å²) < 4.78 is 6.14. The molecule has 1 aliphatic carbocycles. The van der Waals surface area contributed by atoms with E-state index in [0.29, 0.717) is 31.6 Å². The second-order valence-electron chi connectivity index (χ2n) is 14.2. The lowest BCUT2D eigenvalue weighted by Gasteiger charge is -2.32. The molecule has 0 aromatic heterocycles. The molecule has 5 rings (SSSR count). The van der Waals surface area contributed by atoms with E-state index in [0.717, 1.165) is 68.2 Å². The van der Waals surface area contributed by atoms with E-state index in [-0.39, 0.29) is 36.5 Å². The number of nitrogens with zero attached hydrogens (tertiary/aromatic N) is 2. The number of hydrogen-bond acceptors (Lipinski definition) is 9. The Balaban J connectivity index is 1.22. The van der Waals surface area contributed by atoms with Gasteiger partial charge >= 0.3 is 0 Å². The number of aliphatic imine (C=N–C) groups is 1. The van der Waals surface area contributed by atoms with Gasteiger partial charge in [0.25, 0.3) is 0 Å². The third-order valence-corrected chi connectivity index (χ3v) is 10.6. The molecule has 7 N–H and O–H groups in total. The van der Waals surface area contributed by atoms with Crippen molar-refractivity contribution >= 4 is 12.0 Å². The molecule has 49 heavy (non-hydrogen) atoms. The maximum Gasteiger partial charge on any atom is 0.163 e. The summed E-state index contributed by atoms with van der Waals surface area (Å²) in [6.45, 7) is 5.01. The summed E-state index contributed by atoms with van der Waals surface area (Å²) in [4.78, 5) is 20.2. The molecule has 3 unspecified atom stereocenters.